The number of aromatic nitrogens is 1. The molecule has 1 saturated carbocycles. The number of nitrogens with one attached hydrogen (secondary N) is 1. The highest BCUT2D eigenvalue weighted by molar-refractivity contribution is 9.10. The van der Waals surface area contributed by atoms with Crippen LogP contribution in [0.5, 0.6) is 0 Å². The molecule has 0 unspecified atom stereocenters. The van der Waals surface area contributed by atoms with Crippen molar-refractivity contribution in [1.29, 1.82) is 0 Å². The number of thiazole rings is 1. The van der Waals surface area contributed by atoms with E-state index in [9.17, 15) is 0 Å². The van der Waals surface area contributed by atoms with Gasteiger partial charge in [-0.2, -0.15) is 0 Å². The van der Waals surface area contributed by atoms with E-state index in [0.717, 1.165) is 29.0 Å². The second-order valence-corrected chi connectivity index (χ2v) is 6.23. The number of benzene rings is 1. The van der Waals surface area contributed by atoms with Gasteiger partial charge in [-0.05, 0) is 31.0 Å². The molecule has 0 amide bonds. The molecule has 2 aromatic rings. The number of nitrogens with zero attached hydrogens (tertiary/aromatic N) is 1. The standard InChI is InChI=1S/C12H13BrN2S/c13-8-1-4-10-11(7-8)16-12(15-10)5-6-14-9-2-3-9/h1,4,7,9,14H,2-3,5-6H2. The van der Waals surface area contributed by atoms with Gasteiger partial charge in [-0.3, -0.25) is 0 Å². The summed E-state index contributed by atoms with van der Waals surface area (Å²) in [7, 11) is 0. The van der Waals surface area contributed by atoms with Gasteiger partial charge in [0.1, 0.15) is 0 Å². The van der Waals surface area contributed by atoms with E-state index in [2.05, 4.69) is 38.4 Å². The van der Waals surface area contributed by atoms with E-state index in [0.29, 0.717) is 0 Å². The Kier molecular flexibility index (Phi) is 2.96. The molecule has 0 spiro atoms. The summed E-state index contributed by atoms with van der Waals surface area (Å²) in [6.07, 6.45) is 3.76. The fraction of sp³-hybridized carbons (Fsp3) is 0.417. The maximum atomic E-state index is 4.63. The Morgan fingerprint density at radius 3 is 3.12 bits per heavy atom. The molecular formula is C12H13BrN2S. The Bertz CT molecular complexity index is 505. The topological polar surface area (TPSA) is 24.9 Å². The van der Waals surface area contributed by atoms with Crippen LogP contribution in [0.1, 0.15) is 17.8 Å². The van der Waals surface area contributed by atoms with Crippen LogP contribution in [0.15, 0.2) is 22.7 Å². The molecule has 0 aliphatic heterocycles. The summed E-state index contributed by atoms with van der Waals surface area (Å²) in [5, 5.41) is 4.76. The highest BCUT2D eigenvalue weighted by Gasteiger charge is 2.19. The maximum absolute atomic E-state index is 4.63. The van der Waals surface area contributed by atoms with E-state index in [4.69, 9.17) is 0 Å². The Labute approximate surface area is 107 Å². The quantitative estimate of drug-likeness (QED) is 0.936. The first-order chi connectivity index (χ1) is 7.81. The first kappa shape index (κ1) is 10.7. The van der Waals surface area contributed by atoms with Crippen LogP contribution in [-0.4, -0.2) is 17.6 Å². The van der Waals surface area contributed by atoms with Crippen molar-refractivity contribution in [3.8, 4) is 0 Å². The van der Waals surface area contributed by atoms with Gasteiger partial charge >= 0.3 is 0 Å². The van der Waals surface area contributed by atoms with Crippen molar-refractivity contribution in [3.63, 3.8) is 0 Å². The first-order valence-corrected chi connectivity index (χ1v) is 7.20. The number of halogens is 1. The number of fused-ring (bicyclic) bond motifs is 1. The van der Waals surface area contributed by atoms with Crippen LogP contribution in [0.2, 0.25) is 0 Å². The van der Waals surface area contributed by atoms with Crippen LogP contribution in [-0.2, 0) is 6.42 Å². The minimum absolute atomic E-state index is 0.795. The third-order valence-electron chi connectivity index (χ3n) is 2.74. The zero-order chi connectivity index (χ0) is 11.0. The fourth-order valence-electron chi connectivity index (χ4n) is 1.72. The molecule has 1 N–H and O–H groups in total. The summed E-state index contributed by atoms with van der Waals surface area (Å²) in [4.78, 5) is 4.63. The molecule has 0 saturated heterocycles. The largest absolute Gasteiger partial charge is 0.314 e. The molecule has 1 aromatic heterocycles. The molecule has 16 heavy (non-hydrogen) atoms. The zero-order valence-electron chi connectivity index (χ0n) is 8.87. The molecule has 3 rings (SSSR count). The minimum atomic E-state index is 0.795. The molecule has 4 heteroatoms. The third kappa shape index (κ3) is 2.44. The highest BCUT2D eigenvalue weighted by atomic mass is 79.9. The van der Waals surface area contributed by atoms with Crippen molar-refractivity contribution in [3.05, 3.63) is 27.7 Å². The molecule has 1 aliphatic carbocycles. The summed E-state index contributed by atoms with van der Waals surface area (Å²) in [6, 6.07) is 7.07. The lowest BCUT2D eigenvalue weighted by Gasteiger charge is -1.98. The second-order valence-electron chi connectivity index (χ2n) is 4.20. The molecule has 1 fully saturated rings. The van der Waals surface area contributed by atoms with E-state index in [1.54, 1.807) is 11.3 Å². The van der Waals surface area contributed by atoms with Crippen molar-refractivity contribution >= 4 is 37.5 Å². The van der Waals surface area contributed by atoms with Gasteiger partial charge in [-0.25, -0.2) is 4.98 Å². The van der Waals surface area contributed by atoms with E-state index < -0.39 is 0 Å². The average Bonchev–Trinajstić information content (AvgIpc) is 2.98. The molecule has 0 bridgehead atoms. The van der Waals surface area contributed by atoms with Gasteiger partial charge in [-0.1, -0.05) is 15.9 Å². The molecule has 84 valence electrons. The molecule has 1 aromatic carbocycles. The molecule has 0 radical (unpaired) electrons. The third-order valence-corrected chi connectivity index (χ3v) is 4.32. The zero-order valence-corrected chi connectivity index (χ0v) is 11.3. The van der Waals surface area contributed by atoms with Crippen LogP contribution in [0, 0.1) is 0 Å². The van der Waals surface area contributed by atoms with Crippen LogP contribution in [0.4, 0.5) is 0 Å². The van der Waals surface area contributed by atoms with Gasteiger partial charge in [0.25, 0.3) is 0 Å². The van der Waals surface area contributed by atoms with Gasteiger partial charge in [0, 0.05) is 23.5 Å². The lowest BCUT2D eigenvalue weighted by atomic mass is 10.3. The molecule has 0 atom stereocenters. The van der Waals surface area contributed by atoms with Gasteiger partial charge in [0.2, 0.25) is 0 Å². The summed E-state index contributed by atoms with van der Waals surface area (Å²) in [5.41, 5.74) is 1.12. The molecular weight excluding hydrogens is 284 g/mol. The lowest BCUT2D eigenvalue weighted by Crippen LogP contribution is -2.19. The van der Waals surface area contributed by atoms with E-state index in [1.165, 1.54) is 22.5 Å². The number of hydrogen-bond acceptors (Lipinski definition) is 3. The first-order valence-electron chi connectivity index (χ1n) is 5.59. The Morgan fingerprint density at radius 2 is 2.31 bits per heavy atom. The highest BCUT2D eigenvalue weighted by Crippen LogP contribution is 2.25. The fourth-order valence-corrected chi connectivity index (χ4v) is 3.24. The average molecular weight is 297 g/mol. The molecule has 1 aliphatic rings. The van der Waals surface area contributed by atoms with Crippen molar-refractivity contribution in [2.45, 2.75) is 25.3 Å². The van der Waals surface area contributed by atoms with Gasteiger partial charge in [-0.15, -0.1) is 11.3 Å². The summed E-state index contributed by atoms with van der Waals surface area (Å²) in [5.74, 6) is 0. The van der Waals surface area contributed by atoms with E-state index in [-0.39, 0.29) is 0 Å². The van der Waals surface area contributed by atoms with Crippen molar-refractivity contribution in [1.82, 2.24) is 10.3 Å². The van der Waals surface area contributed by atoms with Gasteiger partial charge in [0.15, 0.2) is 0 Å². The van der Waals surface area contributed by atoms with Gasteiger partial charge < -0.3 is 5.32 Å². The molecule has 2 nitrogen and oxygen atoms in total. The summed E-state index contributed by atoms with van der Waals surface area (Å²) in [6.45, 7) is 1.06. The Morgan fingerprint density at radius 1 is 1.44 bits per heavy atom. The summed E-state index contributed by atoms with van der Waals surface area (Å²) >= 11 is 5.29. The minimum Gasteiger partial charge on any atom is -0.314 e. The monoisotopic (exact) mass is 296 g/mol. The van der Waals surface area contributed by atoms with E-state index >= 15 is 0 Å². The van der Waals surface area contributed by atoms with Crippen LogP contribution in [0.3, 0.4) is 0 Å². The number of rotatable bonds is 4. The maximum Gasteiger partial charge on any atom is 0.0951 e. The van der Waals surface area contributed by atoms with Gasteiger partial charge in [0.05, 0.1) is 15.2 Å². The van der Waals surface area contributed by atoms with Crippen LogP contribution in [0.25, 0.3) is 10.2 Å². The van der Waals surface area contributed by atoms with Crippen LogP contribution >= 0.6 is 27.3 Å². The SMILES string of the molecule is Brc1ccc2nc(CCNC3CC3)sc2c1. The Balaban J connectivity index is 1.71. The predicted molar refractivity (Wildman–Crippen MR) is 72.0 cm³/mol. The summed E-state index contributed by atoms with van der Waals surface area (Å²) < 4.78 is 2.40. The van der Waals surface area contributed by atoms with Crippen molar-refractivity contribution in [2.24, 2.45) is 0 Å². The lowest BCUT2D eigenvalue weighted by molar-refractivity contribution is 0.681. The smallest absolute Gasteiger partial charge is 0.0951 e. The van der Waals surface area contributed by atoms with Crippen LogP contribution < -0.4 is 5.32 Å². The molecule has 1 heterocycles. The number of hydrogen-bond donors (Lipinski definition) is 1. The van der Waals surface area contributed by atoms with E-state index in [1.807, 2.05) is 6.07 Å². The predicted octanol–water partition coefficient (Wildman–Crippen LogP) is 3.35. The second kappa shape index (κ2) is 4.43. The normalized spacial score (nSPS) is 15.8. The van der Waals surface area contributed by atoms with Crippen molar-refractivity contribution < 1.29 is 0 Å². The Hall–Kier alpha value is -0.450. The van der Waals surface area contributed by atoms with Crippen molar-refractivity contribution in [2.75, 3.05) is 6.54 Å².